The maximum Gasteiger partial charge on any atom is 0.238 e. The summed E-state index contributed by atoms with van der Waals surface area (Å²) in [6.45, 7) is 7.84. The molecule has 3 rings (SSSR count). The number of hydrogen-bond donors (Lipinski definition) is 1. The van der Waals surface area contributed by atoms with Gasteiger partial charge in [0.15, 0.2) is 11.0 Å². The molecular weight excluding hydrogens is 324 g/mol. The van der Waals surface area contributed by atoms with Gasteiger partial charge in [0.05, 0.1) is 10.9 Å². The number of amides is 1. The monoisotopic (exact) mass is 348 g/mol. The van der Waals surface area contributed by atoms with Crippen molar-refractivity contribution < 1.29 is 9.32 Å². The second-order valence-corrected chi connectivity index (χ2v) is 7.75. The average molecular weight is 348 g/mol. The number of aryl methyl sites for hydroxylation is 2. The van der Waals surface area contributed by atoms with E-state index in [0.29, 0.717) is 17.6 Å². The van der Waals surface area contributed by atoms with E-state index in [1.54, 1.807) is 13.0 Å². The highest BCUT2D eigenvalue weighted by molar-refractivity contribution is 8.00. The Labute approximate surface area is 146 Å². The Morgan fingerprint density at radius 3 is 2.71 bits per heavy atom. The lowest BCUT2D eigenvalue weighted by atomic mass is 10.2. The van der Waals surface area contributed by atoms with Gasteiger partial charge in [-0.3, -0.25) is 4.79 Å². The summed E-state index contributed by atoms with van der Waals surface area (Å²) in [5.74, 6) is 1.04. The van der Waals surface area contributed by atoms with Crippen LogP contribution < -0.4 is 5.32 Å². The molecule has 1 aliphatic carbocycles. The molecule has 1 N–H and O–H groups in total. The van der Waals surface area contributed by atoms with E-state index in [9.17, 15) is 4.79 Å². The molecule has 6 nitrogen and oxygen atoms in total. The van der Waals surface area contributed by atoms with Crippen molar-refractivity contribution in [3.63, 3.8) is 0 Å². The highest BCUT2D eigenvalue weighted by Crippen LogP contribution is 2.36. The molecule has 1 atom stereocenters. The number of thioether (sulfide) groups is 1. The van der Waals surface area contributed by atoms with Gasteiger partial charge in [-0.2, -0.15) is 0 Å². The fourth-order valence-electron chi connectivity index (χ4n) is 3.14. The minimum absolute atomic E-state index is 0.0930. The summed E-state index contributed by atoms with van der Waals surface area (Å²) in [5.41, 5.74) is 2.26. The van der Waals surface area contributed by atoms with Crippen molar-refractivity contribution in [2.75, 3.05) is 5.32 Å². The third kappa shape index (κ3) is 3.50. The van der Waals surface area contributed by atoms with Crippen LogP contribution in [0.25, 0.3) is 0 Å². The summed E-state index contributed by atoms with van der Waals surface area (Å²) >= 11 is 1.51. The predicted octanol–water partition coefficient (Wildman–Crippen LogP) is 4.03. The van der Waals surface area contributed by atoms with E-state index in [1.807, 2.05) is 13.8 Å². The Kier molecular flexibility index (Phi) is 4.99. The van der Waals surface area contributed by atoms with Gasteiger partial charge < -0.3 is 14.4 Å². The Morgan fingerprint density at radius 2 is 2.08 bits per heavy atom. The average Bonchev–Trinajstić information content (AvgIpc) is 3.23. The van der Waals surface area contributed by atoms with E-state index in [-0.39, 0.29) is 11.2 Å². The molecular formula is C17H24N4O2S. The maximum absolute atomic E-state index is 12.4. The highest BCUT2D eigenvalue weighted by atomic mass is 32.2. The van der Waals surface area contributed by atoms with E-state index in [0.717, 1.165) is 10.9 Å². The third-order valence-electron chi connectivity index (χ3n) is 4.57. The normalized spacial score (nSPS) is 16.5. The summed E-state index contributed by atoms with van der Waals surface area (Å²) in [4.78, 5) is 17.1. The van der Waals surface area contributed by atoms with E-state index >= 15 is 0 Å². The van der Waals surface area contributed by atoms with Crippen molar-refractivity contribution in [2.45, 2.75) is 69.8 Å². The fourth-order valence-corrected chi connectivity index (χ4v) is 4.21. The molecule has 24 heavy (non-hydrogen) atoms. The van der Waals surface area contributed by atoms with Gasteiger partial charge >= 0.3 is 0 Å². The van der Waals surface area contributed by atoms with Crippen molar-refractivity contribution in [1.29, 1.82) is 0 Å². The van der Waals surface area contributed by atoms with Crippen LogP contribution in [0.1, 0.15) is 55.8 Å². The van der Waals surface area contributed by atoms with Crippen LogP contribution in [0, 0.1) is 20.8 Å². The first-order chi connectivity index (χ1) is 11.5. The zero-order valence-electron chi connectivity index (χ0n) is 14.6. The van der Waals surface area contributed by atoms with Crippen LogP contribution in [0.4, 0.5) is 5.82 Å². The number of aromatic nitrogens is 3. The third-order valence-corrected chi connectivity index (χ3v) is 5.64. The molecule has 2 aromatic heterocycles. The van der Waals surface area contributed by atoms with Crippen LogP contribution in [-0.2, 0) is 4.79 Å². The second-order valence-electron chi connectivity index (χ2n) is 6.45. The molecule has 1 aliphatic rings. The summed E-state index contributed by atoms with van der Waals surface area (Å²) < 4.78 is 7.31. The number of carbonyl (C=O) groups excluding carboxylic acids is 1. The SMILES string of the molecule is Cc1cc(NC(=O)C(C)Sc2nc(C)c(C)n2C2CCCC2)no1. The smallest absolute Gasteiger partial charge is 0.238 e. The molecule has 1 fully saturated rings. The zero-order valence-corrected chi connectivity index (χ0v) is 15.4. The molecule has 1 amide bonds. The van der Waals surface area contributed by atoms with Crippen molar-refractivity contribution in [3.8, 4) is 0 Å². The zero-order chi connectivity index (χ0) is 17.3. The minimum atomic E-state index is -0.261. The molecule has 1 saturated carbocycles. The summed E-state index contributed by atoms with van der Waals surface area (Å²) in [6, 6.07) is 2.23. The Bertz CT molecular complexity index is 731. The molecule has 0 radical (unpaired) electrons. The first kappa shape index (κ1) is 17.1. The molecule has 0 saturated heterocycles. The molecule has 0 bridgehead atoms. The van der Waals surface area contributed by atoms with E-state index in [2.05, 4.69) is 22.0 Å². The molecule has 0 aromatic carbocycles. The second kappa shape index (κ2) is 7.01. The van der Waals surface area contributed by atoms with Crippen LogP contribution in [0.5, 0.6) is 0 Å². The molecule has 130 valence electrons. The predicted molar refractivity (Wildman–Crippen MR) is 94.4 cm³/mol. The van der Waals surface area contributed by atoms with Crippen LogP contribution in [-0.4, -0.2) is 25.9 Å². The van der Waals surface area contributed by atoms with Crippen molar-refractivity contribution in [3.05, 3.63) is 23.2 Å². The van der Waals surface area contributed by atoms with Crippen LogP contribution in [0.2, 0.25) is 0 Å². The Balaban J connectivity index is 1.72. The van der Waals surface area contributed by atoms with Gasteiger partial charge in [-0.05, 0) is 40.5 Å². The first-order valence-corrected chi connectivity index (χ1v) is 9.30. The van der Waals surface area contributed by atoms with Crippen molar-refractivity contribution in [2.24, 2.45) is 0 Å². The molecule has 0 spiro atoms. The van der Waals surface area contributed by atoms with Gasteiger partial charge in [-0.1, -0.05) is 29.8 Å². The van der Waals surface area contributed by atoms with Crippen LogP contribution >= 0.6 is 11.8 Å². The maximum atomic E-state index is 12.4. The van der Waals surface area contributed by atoms with Gasteiger partial charge in [-0.15, -0.1) is 0 Å². The van der Waals surface area contributed by atoms with Crippen molar-refractivity contribution in [1.82, 2.24) is 14.7 Å². The number of anilines is 1. The topological polar surface area (TPSA) is 73.0 Å². The van der Waals surface area contributed by atoms with Gasteiger partial charge in [0, 0.05) is 17.8 Å². The molecule has 2 heterocycles. The van der Waals surface area contributed by atoms with Gasteiger partial charge in [0.25, 0.3) is 0 Å². The number of hydrogen-bond acceptors (Lipinski definition) is 5. The van der Waals surface area contributed by atoms with Gasteiger partial charge in [0.2, 0.25) is 5.91 Å². The minimum Gasteiger partial charge on any atom is -0.360 e. The van der Waals surface area contributed by atoms with Gasteiger partial charge in [0.1, 0.15) is 5.76 Å². The molecule has 0 aliphatic heterocycles. The number of rotatable bonds is 5. The Morgan fingerprint density at radius 1 is 1.38 bits per heavy atom. The van der Waals surface area contributed by atoms with E-state index < -0.39 is 0 Å². The first-order valence-electron chi connectivity index (χ1n) is 8.42. The lowest BCUT2D eigenvalue weighted by molar-refractivity contribution is -0.115. The number of nitrogens with one attached hydrogen (secondary N) is 1. The largest absolute Gasteiger partial charge is 0.360 e. The highest BCUT2D eigenvalue weighted by Gasteiger charge is 2.26. The molecule has 7 heteroatoms. The lowest BCUT2D eigenvalue weighted by Gasteiger charge is -2.18. The molecule has 1 unspecified atom stereocenters. The number of carbonyl (C=O) groups is 1. The quantitative estimate of drug-likeness (QED) is 0.826. The van der Waals surface area contributed by atoms with Gasteiger partial charge in [-0.25, -0.2) is 4.98 Å². The van der Waals surface area contributed by atoms with Crippen molar-refractivity contribution >= 4 is 23.5 Å². The summed E-state index contributed by atoms with van der Waals surface area (Å²) in [7, 11) is 0. The number of nitrogens with zero attached hydrogens (tertiary/aromatic N) is 3. The number of imidazole rings is 1. The summed E-state index contributed by atoms with van der Waals surface area (Å²) in [6.07, 6.45) is 4.94. The summed E-state index contributed by atoms with van der Waals surface area (Å²) in [5, 5.41) is 7.28. The van der Waals surface area contributed by atoms with E-state index in [1.165, 1.54) is 43.1 Å². The Hall–Kier alpha value is -1.76. The van der Waals surface area contributed by atoms with Crippen LogP contribution in [0.3, 0.4) is 0 Å². The fraction of sp³-hybridized carbons (Fsp3) is 0.588. The molecule has 2 aromatic rings. The lowest BCUT2D eigenvalue weighted by Crippen LogP contribution is -2.23. The standard InChI is InChI=1S/C17H24N4O2S/c1-10-9-15(20-23-10)19-16(22)13(4)24-17-18-11(2)12(3)21(17)14-7-5-6-8-14/h9,13-14H,5-8H2,1-4H3,(H,19,20,22). The van der Waals surface area contributed by atoms with Crippen LogP contribution in [0.15, 0.2) is 15.7 Å². The van der Waals surface area contributed by atoms with E-state index in [4.69, 9.17) is 9.51 Å².